The van der Waals surface area contributed by atoms with Crippen LogP contribution in [0.4, 0.5) is 0 Å². The van der Waals surface area contributed by atoms with Crippen LogP contribution in [-0.2, 0) is 11.2 Å². The molecule has 1 atom stereocenters. The van der Waals surface area contributed by atoms with Crippen molar-refractivity contribution in [2.24, 2.45) is 0 Å². The Balaban J connectivity index is 2.80. The summed E-state index contributed by atoms with van der Waals surface area (Å²) in [6.07, 6.45) is 2.07. The van der Waals surface area contributed by atoms with E-state index in [1.807, 2.05) is 7.05 Å². The highest BCUT2D eigenvalue weighted by Crippen LogP contribution is 2.21. The van der Waals surface area contributed by atoms with Crippen molar-refractivity contribution in [1.29, 1.82) is 0 Å². The molecule has 0 bridgehead atoms. The van der Waals surface area contributed by atoms with Gasteiger partial charge >= 0.3 is 0 Å². The predicted molar refractivity (Wildman–Crippen MR) is 78.2 cm³/mol. The Bertz CT molecular complexity index is 364. The number of rotatable bonds is 6. The van der Waals surface area contributed by atoms with Gasteiger partial charge in [-0.25, -0.2) is 0 Å². The second kappa shape index (κ2) is 6.35. The van der Waals surface area contributed by atoms with Gasteiger partial charge in [0.15, 0.2) is 0 Å². The summed E-state index contributed by atoms with van der Waals surface area (Å²) in [5.74, 6) is 0. The van der Waals surface area contributed by atoms with Crippen molar-refractivity contribution in [3.63, 3.8) is 0 Å². The Labute approximate surface area is 112 Å². The van der Waals surface area contributed by atoms with Gasteiger partial charge in [0.1, 0.15) is 0 Å². The molecule has 1 aromatic carbocycles. The number of methoxy groups -OCH3 is 1. The smallest absolute Gasteiger partial charge is 0.0637 e. The highest BCUT2D eigenvalue weighted by atomic mass is 16.5. The van der Waals surface area contributed by atoms with Crippen molar-refractivity contribution < 1.29 is 4.74 Å². The summed E-state index contributed by atoms with van der Waals surface area (Å²) >= 11 is 0. The van der Waals surface area contributed by atoms with Crippen LogP contribution < -0.4 is 5.32 Å². The Morgan fingerprint density at radius 2 is 1.78 bits per heavy atom. The molecule has 0 radical (unpaired) electrons. The van der Waals surface area contributed by atoms with Crippen LogP contribution in [0, 0.1) is 13.8 Å². The maximum Gasteiger partial charge on any atom is 0.0637 e. The second-order valence-corrected chi connectivity index (χ2v) is 5.73. The fourth-order valence-electron chi connectivity index (χ4n) is 2.37. The van der Waals surface area contributed by atoms with Gasteiger partial charge in [-0.3, -0.25) is 0 Å². The van der Waals surface area contributed by atoms with E-state index in [-0.39, 0.29) is 5.60 Å². The fraction of sp³-hybridized carbons (Fsp3) is 0.625. The second-order valence-electron chi connectivity index (χ2n) is 5.73. The molecule has 0 heterocycles. The first kappa shape index (κ1) is 15.2. The van der Waals surface area contributed by atoms with E-state index in [4.69, 9.17) is 4.74 Å². The van der Waals surface area contributed by atoms with Gasteiger partial charge in [0.2, 0.25) is 0 Å². The molecule has 1 rings (SSSR count). The third kappa shape index (κ3) is 4.11. The molecule has 0 spiro atoms. The highest BCUT2D eigenvalue weighted by Gasteiger charge is 2.22. The summed E-state index contributed by atoms with van der Waals surface area (Å²) < 4.78 is 5.53. The van der Waals surface area contributed by atoms with Gasteiger partial charge < -0.3 is 10.1 Å². The highest BCUT2D eigenvalue weighted by molar-refractivity contribution is 5.34. The quantitative estimate of drug-likeness (QED) is 0.835. The first-order valence-corrected chi connectivity index (χ1v) is 6.67. The maximum absolute atomic E-state index is 5.53. The van der Waals surface area contributed by atoms with Crippen LogP contribution in [0.2, 0.25) is 0 Å². The summed E-state index contributed by atoms with van der Waals surface area (Å²) in [6, 6.07) is 6.95. The van der Waals surface area contributed by atoms with E-state index in [1.54, 1.807) is 7.11 Å². The van der Waals surface area contributed by atoms with Crippen molar-refractivity contribution in [3.8, 4) is 0 Å². The van der Waals surface area contributed by atoms with E-state index in [0.717, 1.165) is 12.8 Å². The van der Waals surface area contributed by atoms with E-state index in [2.05, 4.69) is 51.2 Å². The first-order chi connectivity index (χ1) is 8.39. The van der Waals surface area contributed by atoms with Gasteiger partial charge in [-0.15, -0.1) is 0 Å². The molecule has 1 aromatic rings. The van der Waals surface area contributed by atoms with Crippen LogP contribution in [0.5, 0.6) is 0 Å². The van der Waals surface area contributed by atoms with Crippen molar-refractivity contribution in [1.82, 2.24) is 5.32 Å². The molecule has 0 aliphatic rings. The van der Waals surface area contributed by atoms with Gasteiger partial charge in [0.05, 0.1) is 5.60 Å². The average molecular weight is 249 g/mol. The van der Waals surface area contributed by atoms with Gasteiger partial charge in [-0.1, -0.05) is 18.2 Å². The Morgan fingerprint density at radius 3 is 2.22 bits per heavy atom. The zero-order valence-corrected chi connectivity index (χ0v) is 12.6. The number of nitrogens with one attached hydrogen (secondary N) is 1. The van der Waals surface area contributed by atoms with Crippen LogP contribution in [-0.4, -0.2) is 25.8 Å². The largest absolute Gasteiger partial charge is 0.379 e. The lowest BCUT2D eigenvalue weighted by Crippen LogP contribution is -2.37. The summed E-state index contributed by atoms with van der Waals surface area (Å²) in [4.78, 5) is 0. The average Bonchev–Trinajstić information content (AvgIpc) is 2.32. The molecule has 0 aliphatic carbocycles. The van der Waals surface area contributed by atoms with E-state index >= 15 is 0 Å². The van der Waals surface area contributed by atoms with Crippen molar-refractivity contribution in [2.45, 2.75) is 52.2 Å². The van der Waals surface area contributed by atoms with Crippen LogP contribution in [0.3, 0.4) is 0 Å². The molecular formula is C16H27NO. The number of hydrogen-bond acceptors (Lipinski definition) is 2. The lowest BCUT2D eigenvalue weighted by molar-refractivity contribution is 0.00770. The molecule has 1 unspecified atom stereocenters. The van der Waals surface area contributed by atoms with Gasteiger partial charge in [-0.2, -0.15) is 0 Å². The molecule has 0 fully saturated rings. The van der Waals surface area contributed by atoms with Crippen LogP contribution in [0.15, 0.2) is 18.2 Å². The Kier molecular flexibility index (Phi) is 5.36. The Hall–Kier alpha value is -0.860. The molecule has 2 nitrogen and oxygen atoms in total. The lowest BCUT2D eigenvalue weighted by atomic mass is 9.90. The van der Waals surface area contributed by atoms with Crippen molar-refractivity contribution in [2.75, 3.05) is 14.2 Å². The number of ether oxygens (including phenoxy) is 1. The fourth-order valence-corrected chi connectivity index (χ4v) is 2.37. The van der Waals surface area contributed by atoms with E-state index < -0.39 is 0 Å². The summed E-state index contributed by atoms with van der Waals surface area (Å²) in [6.45, 7) is 8.66. The van der Waals surface area contributed by atoms with E-state index in [1.165, 1.54) is 16.7 Å². The Morgan fingerprint density at radius 1 is 1.22 bits per heavy atom. The SMILES string of the molecule is CNC(Cc1c(C)cccc1C)CC(C)(C)OC. The van der Waals surface area contributed by atoms with Crippen LogP contribution in [0.1, 0.15) is 37.0 Å². The molecule has 0 saturated heterocycles. The minimum absolute atomic E-state index is 0.0791. The van der Waals surface area contributed by atoms with Gasteiger partial charge in [-0.05, 0) is 64.3 Å². The molecule has 2 heteroatoms. The van der Waals surface area contributed by atoms with Gasteiger partial charge in [0, 0.05) is 13.2 Å². The molecule has 1 N–H and O–H groups in total. The number of hydrogen-bond donors (Lipinski definition) is 1. The predicted octanol–water partition coefficient (Wildman–Crippen LogP) is 3.25. The monoisotopic (exact) mass is 249 g/mol. The van der Waals surface area contributed by atoms with E-state index in [9.17, 15) is 0 Å². The molecule has 0 aromatic heterocycles. The minimum Gasteiger partial charge on any atom is -0.379 e. The molecule has 102 valence electrons. The van der Waals surface area contributed by atoms with Crippen LogP contribution >= 0.6 is 0 Å². The van der Waals surface area contributed by atoms with Crippen molar-refractivity contribution in [3.05, 3.63) is 34.9 Å². The topological polar surface area (TPSA) is 21.3 Å². The molecule has 0 aliphatic heterocycles. The number of aryl methyl sites for hydroxylation is 2. The first-order valence-electron chi connectivity index (χ1n) is 6.67. The zero-order valence-electron chi connectivity index (χ0n) is 12.6. The number of benzene rings is 1. The lowest BCUT2D eigenvalue weighted by Gasteiger charge is -2.29. The normalized spacial score (nSPS) is 13.7. The van der Waals surface area contributed by atoms with Crippen LogP contribution in [0.25, 0.3) is 0 Å². The summed E-state index contributed by atoms with van der Waals surface area (Å²) in [7, 11) is 3.82. The molecule has 18 heavy (non-hydrogen) atoms. The summed E-state index contributed by atoms with van der Waals surface area (Å²) in [5.41, 5.74) is 4.14. The standard InChI is InChI=1S/C16H27NO/c1-12-8-7-9-13(2)15(12)10-14(17-5)11-16(3,4)18-6/h7-9,14,17H,10-11H2,1-6H3. The number of likely N-dealkylation sites (N-methyl/N-ethyl adjacent to an activating group) is 1. The molecular weight excluding hydrogens is 222 g/mol. The van der Waals surface area contributed by atoms with Gasteiger partial charge in [0.25, 0.3) is 0 Å². The van der Waals surface area contributed by atoms with Crippen molar-refractivity contribution >= 4 is 0 Å². The third-order valence-electron chi connectivity index (χ3n) is 3.79. The minimum atomic E-state index is -0.0791. The third-order valence-corrected chi connectivity index (χ3v) is 3.79. The summed E-state index contributed by atoms with van der Waals surface area (Å²) in [5, 5.41) is 3.42. The maximum atomic E-state index is 5.53. The zero-order chi connectivity index (χ0) is 13.8. The molecule has 0 amide bonds. The van der Waals surface area contributed by atoms with E-state index in [0.29, 0.717) is 6.04 Å². The molecule has 0 saturated carbocycles.